The lowest BCUT2D eigenvalue weighted by Crippen LogP contribution is -2.28. The fourth-order valence-electron chi connectivity index (χ4n) is 2.40. The zero-order valence-electron chi connectivity index (χ0n) is 14.0. The predicted molar refractivity (Wildman–Crippen MR) is 87.8 cm³/mol. The summed E-state index contributed by atoms with van der Waals surface area (Å²) in [6, 6.07) is 0. The Labute approximate surface area is 156 Å². The Bertz CT molecular complexity index is 1250. The van der Waals surface area contributed by atoms with E-state index in [-0.39, 0.29) is 27.6 Å². The number of oxazole rings is 1. The molecule has 0 unspecified atom stereocenters. The molecule has 3 rings (SSSR count). The molecule has 3 heterocycles. The van der Waals surface area contributed by atoms with Crippen molar-refractivity contribution >= 4 is 25.4 Å². The van der Waals surface area contributed by atoms with Gasteiger partial charge in [-0.05, 0) is 12.2 Å². The first-order chi connectivity index (χ1) is 12.9. The van der Waals surface area contributed by atoms with Gasteiger partial charge in [0.05, 0.1) is 15.6 Å². The molecule has 0 aliphatic carbocycles. The summed E-state index contributed by atoms with van der Waals surface area (Å²) < 4.78 is 91.0. The van der Waals surface area contributed by atoms with Gasteiger partial charge in [0.25, 0.3) is 9.84 Å². The fraction of sp³-hybridized carbons (Fsp3) is 0.286. The van der Waals surface area contributed by atoms with Crippen molar-refractivity contribution in [2.24, 2.45) is 4.99 Å². The molecule has 0 spiro atoms. The molecule has 0 fully saturated rings. The van der Waals surface area contributed by atoms with E-state index in [4.69, 9.17) is 4.42 Å². The number of aromatic nitrogens is 1. The molecule has 0 bridgehead atoms. The molecule has 0 saturated heterocycles. The van der Waals surface area contributed by atoms with Gasteiger partial charge in [0.1, 0.15) is 11.4 Å². The molecule has 0 aromatic carbocycles. The Morgan fingerprint density at radius 3 is 2.57 bits per heavy atom. The van der Waals surface area contributed by atoms with Gasteiger partial charge in [-0.1, -0.05) is 6.92 Å². The molecule has 1 aromatic rings. The number of alkyl halides is 3. The van der Waals surface area contributed by atoms with Crippen LogP contribution in [0.1, 0.15) is 12.6 Å². The van der Waals surface area contributed by atoms with Crippen LogP contribution in [0.5, 0.6) is 0 Å². The second-order valence-corrected chi connectivity index (χ2v) is 9.83. The van der Waals surface area contributed by atoms with Gasteiger partial charge in [-0.2, -0.15) is 13.2 Å². The van der Waals surface area contributed by atoms with Crippen molar-refractivity contribution in [3.8, 4) is 0 Å². The van der Waals surface area contributed by atoms with E-state index in [1.807, 2.05) is 0 Å². The highest BCUT2D eigenvalue weighted by Crippen LogP contribution is 2.31. The lowest BCUT2D eigenvalue weighted by molar-refractivity contribution is -0.0427. The first-order valence-corrected chi connectivity index (χ1v) is 10.7. The van der Waals surface area contributed by atoms with Gasteiger partial charge in [0, 0.05) is 18.8 Å². The third-order valence-electron chi connectivity index (χ3n) is 3.85. The summed E-state index contributed by atoms with van der Waals surface area (Å²) in [4.78, 5) is 6.04. The second-order valence-electron chi connectivity index (χ2n) is 5.59. The molecule has 0 atom stereocenters. The van der Waals surface area contributed by atoms with E-state index in [2.05, 4.69) is 9.98 Å². The van der Waals surface area contributed by atoms with Gasteiger partial charge in [0.2, 0.25) is 11.1 Å². The molecule has 2 aliphatic rings. The van der Waals surface area contributed by atoms with Crippen molar-refractivity contribution in [2.45, 2.75) is 18.9 Å². The molecule has 9 nitrogen and oxygen atoms in total. The summed E-state index contributed by atoms with van der Waals surface area (Å²) in [5, 5.41) is 10.4. The molecule has 0 saturated carbocycles. The Morgan fingerprint density at radius 2 is 1.96 bits per heavy atom. The van der Waals surface area contributed by atoms with Crippen molar-refractivity contribution < 1.29 is 39.6 Å². The van der Waals surface area contributed by atoms with E-state index in [1.165, 1.54) is 19.1 Å². The topological polar surface area (TPSA) is 130 Å². The molecule has 1 aromatic heterocycles. The number of rotatable bonds is 3. The molecule has 28 heavy (non-hydrogen) atoms. The normalized spacial score (nSPS) is 19.7. The highest BCUT2D eigenvalue weighted by molar-refractivity contribution is 7.96. The SMILES string of the molecule is CCS(=O)(=O)C1=CC=CN(O)C1=c1nc2c(o1)=NC=C(S(=O)(=O)C(F)(F)F)C2. The van der Waals surface area contributed by atoms with Crippen LogP contribution in [0.4, 0.5) is 13.2 Å². The van der Waals surface area contributed by atoms with Crippen molar-refractivity contribution in [1.29, 1.82) is 0 Å². The lowest BCUT2D eigenvalue weighted by Gasteiger charge is -2.19. The molecule has 2 aliphatic heterocycles. The average Bonchev–Trinajstić information content (AvgIpc) is 3.03. The minimum Gasteiger partial charge on any atom is -0.416 e. The van der Waals surface area contributed by atoms with Crippen LogP contribution < -0.4 is 11.1 Å². The van der Waals surface area contributed by atoms with Gasteiger partial charge >= 0.3 is 5.51 Å². The highest BCUT2D eigenvalue weighted by Gasteiger charge is 2.48. The van der Waals surface area contributed by atoms with Crippen LogP contribution in [-0.4, -0.2) is 43.4 Å². The van der Waals surface area contributed by atoms with Crippen molar-refractivity contribution in [2.75, 3.05) is 5.75 Å². The maximum absolute atomic E-state index is 12.7. The van der Waals surface area contributed by atoms with Crippen LogP contribution in [0.15, 0.2) is 43.8 Å². The molecule has 0 amide bonds. The summed E-state index contributed by atoms with van der Waals surface area (Å²) in [5.74, 6) is -0.301. The van der Waals surface area contributed by atoms with Crippen LogP contribution >= 0.6 is 0 Å². The van der Waals surface area contributed by atoms with Crippen LogP contribution in [0, 0.1) is 0 Å². The minimum atomic E-state index is -5.61. The number of fused-ring (bicyclic) bond motifs is 1. The van der Waals surface area contributed by atoms with Crippen molar-refractivity contribution in [1.82, 2.24) is 10.0 Å². The van der Waals surface area contributed by atoms with E-state index in [0.717, 1.165) is 6.20 Å². The van der Waals surface area contributed by atoms with Crippen molar-refractivity contribution in [3.05, 3.63) is 51.2 Å². The van der Waals surface area contributed by atoms with Crippen LogP contribution in [0.2, 0.25) is 0 Å². The predicted octanol–water partition coefficient (Wildman–Crippen LogP) is 0.272. The van der Waals surface area contributed by atoms with E-state index in [1.54, 1.807) is 0 Å². The zero-order chi connectivity index (χ0) is 20.9. The van der Waals surface area contributed by atoms with Gasteiger partial charge in [-0.15, -0.1) is 0 Å². The quantitative estimate of drug-likeness (QED) is 0.711. The molecule has 0 radical (unpaired) electrons. The Balaban J connectivity index is 2.15. The van der Waals surface area contributed by atoms with Gasteiger partial charge < -0.3 is 4.42 Å². The van der Waals surface area contributed by atoms with Crippen molar-refractivity contribution in [3.63, 3.8) is 0 Å². The van der Waals surface area contributed by atoms with Crippen LogP contribution in [-0.2, 0) is 26.1 Å². The number of hydroxylamine groups is 2. The Morgan fingerprint density at radius 1 is 1.29 bits per heavy atom. The van der Waals surface area contributed by atoms with Crippen LogP contribution in [0.25, 0.3) is 5.70 Å². The molecular formula is C14H12F3N3O6S2. The number of hydrogen-bond acceptors (Lipinski definition) is 9. The second kappa shape index (κ2) is 6.56. The standard InChI is InChI=1S/C14H12F3N3O6S2/c1-2-27(22,23)10-4-3-5-20(21)11(10)13-19-9-6-8(7-18-12(9)26-13)28(24,25)14(15,16)17/h3-5,7,21H,2,6H2,1H3. The summed E-state index contributed by atoms with van der Waals surface area (Å²) in [7, 11) is -9.43. The van der Waals surface area contributed by atoms with E-state index < -0.39 is 42.1 Å². The number of allylic oxidation sites excluding steroid dienone is 3. The Hall–Kier alpha value is -2.45. The third-order valence-corrected chi connectivity index (χ3v) is 7.16. The first kappa shape index (κ1) is 20.3. The highest BCUT2D eigenvalue weighted by atomic mass is 32.2. The summed E-state index contributed by atoms with van der Waals surface area (Å²) in [6.07, 6.45) is 3.30. The Kier molecular flexibility index (Phi) is 4.75. The maximum Gasteiger partial charge on any atom is 0.501 e. The minimum absolute atomic E-state index is 0.246. The fourth-order valence-corrected chi connectivity index (χ4v) is 4.29. The number of sulfone groups is 2. The first-order valence-electron chi connectivity index (χ1n) is 7.56. The smallest absolute Gasteiger partial charge is 0.416 e. The lowest BCUT2D eigenvalue weighted by atomic mass is 10.3. The number of hydrogen-bond donors (Lipinski definition) is 1. The van der Waals surface area contributed by atoms with E-state index >= 15 is 0 Å². The maximum atomic E-state index is 12.7. The summed E-state index contributed by atoms with van der Waals surface area (Å²) in [5.41, 5.74) is -6.85. The molecule has 1 N–H and O–H groups in total. The largest absolute Gasteiger partial charge is 0.501 e. The average molecular weight is 439 g/mol. The molecule has 152 valence electrons. The molecule has 14 heteroatoms. The van der Waals surface area contributed by atoms with Gasteiger partial charge in [-0.3, -0.25) is 5.21 Å². The zero-order valence-corrected chi connectivity index (χ0v) is 15.6. The number of nitrogens with zero attached hydrogens (tertiary/aromatic N) is 3. The van der Waals surface area contributed by atoms with Gasteiger partial charge in [-0.25, -0.2) is 31.9 Å². The van der Waals surface area contributed by atoms with E-state index in [0.29, 0.717) is 11.3 Å². The number of halogens is 3. The van der Waals surface area contributed by atoms with E-state index in [9.17, 15) is 35.2 Å². The molecular weight excluding hydrogens is 427 g/mol. The third kappa shape index (κ3) is 3.27. The summed E-state index contributed by atoms with van der Waals surface area (Å²) >= 11 is 0. The van der Waals surface area contributed by atoms with Crippen LogP contribution in [0.3, 0.4) is 0 Å². The summed E-state index contributed by atoms with van der Waals surface area (Å²) in [6.45, 7) is 1.38. The monoisotopic (exact) mass is 439 g/mol. The van der Waals surface area contributed by atoms with Gasteiger partial charge in [0.15, 0.2) is 9.84 Å².